The van der Waals surface area contributed by atoms with Crippen molar-refractivity contribution in [1.82, 2.24) is 0 Å². The van der Waals surface area contributed by atoms with E-state index in [-0.39, 0.29) is 18.8 Å². The third-order valence-corrected chi connectivity index (χ3v) is 1.10. The van der Waals surface area contributed by atoms with Gasteiger partial charge in [-0.1, -0.05) is 0 Å². The molecule has 0 radical (unpaired) electrons. The van der Waals surface area contributed by atoms with E-state index in [1.54, 1.807) is 0 Å². The number of carbonyl (C=O) groups is 2. The van der Waals surface area contributed by atoms with Gasteiger partial charge in [-0.2, -0.15) is 0 Å². The summed E-state index contributed by atoms with van der Waals surface area (Å²) >= 11 is 0. The van der Waals surface area contributed by atoms with E-state index in [1.165, 1.54) is 6.92 Å². The highest BCUT2D eigenvalue weighted by molar-refractivity contribution is 5.85. The second-order valence-corrected chi connectivity index (χ2v) is 2.51. The molecule has 0 aliphatic carbocycles. The van der Waals surface area contributed by atoms with Gasteiger partial charge in [-0.15, -0.1) is 0 Å². The van der Waals surface area contributed by atoms with Gasteiger partial charge in [0.25, 0.3) is 0 Å². The summed E-state index contributed by atoms with van der Waals surface area (Å²) in [5.41, 5.74) is -0.164. The van der Waals surface area contributed by atoms with Crippen LogP contribution in [0.5, 0.6) is 0 Å². The van der Waals surface area contributed by atoms with Crippen LogP contribution in [0.15, 0.2) is 11.8 Å². The van der Waals surface area contributed by atoms with Crippen molar-refractivity contribution in [3.8, 4) is 0 Å². The lowest BCUT2D eigenvalue weighted by Gasteiger charge is -1.96. The number of carboxylic acids is 1. The number of hydrogen-bond acceptors (Lipinski definition) is 6. The Hall–Kier alpha value is -1.64. The molecule has 0 bridgehead atoms. The fourth-order valence-electron chi connectivity index (χ4n) is 0.247. The first kappa shape index (κ1) is 16.8. The highest BCUT2D eigenvalue weighted by Crippen LogP contribution is 1.92. The van der Waals surface area contributed by atoms with Crippen molar-refractivity contribution in [2.75, 3.05) is 13.2 Å². The summed E-state index contributed by atoms with van der Waals surface area (Å²) in [4.78, 5) is 19.6. The molecule has 0 saturated heterocycles. The molecule has 0 aliphatic rings. The minimum Gasteiger partial charge on any atom is -0.478 e. The molecule has 0 spiro atoms. The first-order valence-electron chi connectivity index (χ1n) is 4.04. The SMILES string of the molecule is CC(=COC(=O)O)C(=O)O.OCC(O)CO. The van der Waals surface area contributed by atoms with Crippen LogP contribution in [0.1, 0.15) is 6.92 Å². The minimum atomic E-state index is -1.53. The Morgan fingerprint density at radius 1 is 1.25 bits per heavy atom. The lowest BCUT2D eigenvalue weighted by atomic mass is 10.4. The number of rotatable bonds is 4. The van der Waals surface area contributed by atoms with Crippen LogP contribution in [0.3, 0.4) is 0 Å². The van der Waals surface area contributed by atoms with E-state index in [0.29, 0.717) is 6.26 Å². The number of aliphatic carboxylic acids is 1. The van der Waals surface area contributed by atoms with Gasteiger partial charge < -0.3 is 30.3 Å². The van der Waals surface area contributed by atoms with Crippen LogP contribution >= 0.6 is 0 Å². The van der Waals surface area contributed by atoms with E-state index < -0.39 is 18.2 Å². The summed E-state index contributed by atoms with van der Waals surface area (Å²) in [5.74, 6) is -1.21. The average molecular weight is 238 g/mol. The van der Waals surface area contributed by atoms with Gasteiger partial charge in [0.1, 0.15) is 12.4 Å². The van der Waals surface area contributed by atoms with Gasteiger partial charge in [0.15, 0.2) is 0 Å². The van der Waals surface area contributed by atoms with Crippen molar-refractivity contribution >= 4 is 12.1 Å². The predicted octanol–water partition coefficient (Wildman–Crippen LogP) is -0.999. The van der Waals surface area contributed by atoms with Gasteiger partial charge in [0, 0.05) is 0 Å². The topological polar surface area (TPSA) is 145 Å². The zero-order valence-electron chi connectivity index (χ0n) is 8.53. The Balaban J connectivity index is 0. The van der Waals surface area contributed by atoms with Crippen LogP contribution in [-0.2, 0) is 9.53 Å². The Morgan fingerprint density at radius 3 is 1.88 bits per heavy atom. The van der Waals surface area contributed by atoms with E-state index in [0.717, 1.165) is 0 Å². The van der Waals surface area contributed by atoms with E-state index in [1.807, 2.05) is 0 Å². The van der Waals surface area contributed by atoms with Crippen molar-refractivity contribution in [1.29, 1.82) is 0 Å². The summed E-state index contributed by atoms with van der Waals surface area (Å²) in [6.07, 6.45) is -1.82. The molecule has 0 fully saturated rings. The van der Waals surface area contributed by atoms with Gasteiger partial charge in [-0.05, 0) is 6.92 Å². The molecule has 0 heterocycles. The van der Waals surface area contributed by atoms with Crippen molar-refractivity contribution in [2.24, 2.45) is 0 Å². The summed E-state index contributed by atoms with van der Waals surface area (Å²) in [6, 6.07) is 0. The normalized spacial score (nSPS) is 10.4. The second kappa shape index (κ2) is 9.90. The minimum absolute atomic E-state index is 0.164. The third-order valence-electron chi connectivity index (χ3n) is 1.10. The summed E-state index contributed by atoms with van der Waals surface area (Å²) in [7, 11) is 0. The molecule has 0 unspecified atom stereocenters. The Bertz CT molecular complexity index is 242. The van der Waals surface area contributed by atoms with Gasteiger partial charge >= 0.3 is 12.1 Å². The molecule has 8 heteroatoms. The predicted molar refractivity (Wildman–Crippen MR) is 50.7 cm³/mol. The van der Waals surface area contributed by atoms with Crippen molar-refractivity contribution < 1.29 is 39.9 Å². The molecule has 0 atom stereocenters. The molecule has 8 nitrogen and oxygen atoms in total. The van der Waals surface area contributed by atoms with Gasteiger partial charge in [-0.25, -0.2) is 9.59 Å². The lowest BCUT2D eigenvalue weighted by Crippen LogP contribution is -2.15. The first-order valence-corrected chi connectivity index (χ1v) is 4.04. The quantitative estimate of drug-likeness (QED) is 0.238. The number of hydrogen-bond donors (Lipinski definition) is 5. The summed E-state index contributed by atoms with van der Waals surface area (Å²) in [6.45, 7) is 0.498. The standard InChI is InChI=1S/C5H6O5.C3H8O3/c1-3(4(6)7)2-10-5(8)9;4-1-3(6)2-5/h2H,1H3,(H,6,7)(H,8,9);3-6H,1-2H2. The second-order valence-electron chi connectivity index (χ2n) is 2.51. The molecular formula is C8H14O8. The van der Waals surface area contributed by atoms with E-state index in [2.05, 4.69) is 4.74 Å². The van der Waals surface area contributed by atoms with E-state index in [9.17, 15) is 9.59 Å². The maximum Gasteiger partial charge on any atom is 0.510 e. The highest BCUT2D eigenvalue weighted by Gasteiger charge is 2.00. The number of ether oxygens (including phenoxy) is 1. The molecule has 5 N–H and O–H groups in total. The molecule has 16 heavy (non-hydrogen) atoms. The molecule has 0 rings (SSSR count). The fraction of sp³-hybridized carbons (Fsp3) is 0.500. The smallest absolute Gasteiger partial charge is 0.478 e. The number of aliphatic hydroxyl groups is 3. The Kier molecular flexibility index (Phi) is 10.4. The van der Waals surface area contributed by atoms with Crippen molar-refractivity contribution in [3.63, 3.8) is 0 Å². The average Bonchev–Trinajstić information content (AvgIpc) is 2.25. The molecule has 0 aliphatic heterocycles. The zero-order valence-corrected chi connectivity index (χ0v) is 8.53. The maximum atomic E-state index is 9.97. The number of carboxylic acid groups (broad SMARTS) is 2. The van der Waals surface area contributed by atoms with Crippen LogP contribution in [-0.4, -0.2) is 57.0 Å². The molecule has 0 aromatic rings. The Labute approximate surface area is 91.0 Å². The molecule has 94 valence electrons. The van der Waals surface area contributed by atoms with Gasteiger partial charge in [-0.3, -0.25) is 0 Å². The van der Waals surface area contributed by atoms with Crippen LogP contribution in [0.25, 0.3) is 0 Å². The van der Waals surface area contributed by atoms with Crippen molar-refractivity contribution in [2.45, 2.75) is 13.0 Å². The van der Waals surface area contributed by atoms with Crippen LogP contribution in [0.4, 0.5) is 4.79 Å². The highest BCUT2D eigenvalue weighted by atomic mass is 16.7. The number of aliphatic hydroxyl groups excluding tert-OH is 3. The fourth-order valence-corrected chi connectivity index (χ4v) is 0.247. The monoisotopic (exact) mass is 238 g/mol. The van der Waals surface area contributed by atoms with Gasteiger partial charge in [0.05, 0.1) is 18.8 Å². The summed E-state index contributed by atoms with van der Waals surface area (Å²) < 4.78 is 3.84. The van der Waals surface area contributed by atoms with Crippen LogP contribution < -0.4 is 0 Å². The molecule has 0 aromatic heterocycles. The van der Waals surface area contributed by atoms with Crippen LogP contribution in [0.2, 0.25) is 0 Å². The third kappa shape index (κ3) is 12.4. The lowest BCUT2D eigenvalue weighted by molar-refractivity contribution is -0.132. The maximum absolute atomic E-state index is 9.97. The van der Waals surface area contributed by atoms with E-state index in [4.69, 9.17) is 25.5 Å². The van der Waals surface area contributed by atoms with Crippen LogP contribution in [0, 0.1) is 0 Å². The largest absolute Gasteiger partial charge is 0.510 e. The van der Waals surface area contributed by atoms with E-state index >= 15 is 0 Å². The molecule has 0 saturated carbocycles. The van der Waals surface area contributed by atoms with Crippen molar-refractivity contribution in [3.05, 3.63) is 11.8 Å². The zero-order chi connectivity index (χ0) is 13.1. The Morgan fingerprint density at radius 2 is 1.69 bits per heavy atom. The molecule has 0 amide bonds. The first-order chi connectivity index (χ1) is 7.34. The molecule has 0 aromatic carbocycles. The summed E-state index contributed by atoms with van der Waals surface area (Å²) in [5, 5.41) is 40.1. The molecular weight excluding hydrogens is 224 g/mol. The van der Waals surface area contributed by atoms with Gasteiger partial charge in [0.2, 0.25) is 0 Å².